The van der Waals surface area contributed by atoms with E-state index in [0.717, 1.165) is 6.07 Å². The van der Waals surface area contributed by atoms with E-state index in [1.54, 1.807) is 0 Å². The molecule has 0 amide bonds. The highest BCUT2D eigenvalue weighted by Gasteiger charge is 2.45. The second kappa shape index (κ2) is 9.72. The van der Waals surface area contributed by atoms with E-state index in [-0.39, 0.29) is 34.2 Å². The Morgan fingerprint density at radius 2 is 1.64 bits per heavy atom. The van der Waals surface area contributed by atoms with E-state index in [1.807, 2.05) is 0 Å². The average molecular weight is 508 g/mol. The molecule has 2 aromatic carbocycles. The number of rotatable bonds is 6. The number of aliphatic hydroxyl groups excluding tert-OH is 4. The number of phenolic OH excluding ortho intramolecular Hbond substituents is 2. The van der Waals surface area contributed by atoms with Gasteiger partial charge in [0.1, 0.15) is 35.6 Å². The molecule has 5 unspecified atom stereocenters. The van der Waals surface area contributed by atoms with Crippen LogP contribution in [-0.4, -0.2) is 87.3 Å². The Morgan fingerprint density at radius 1 is 0.917 bits per heavy atom. The predicted octanol–water partition coefficient (Wildman–Crippen LogP) is -0.227. The third-order valence-corrected chi connectivity index (χ3v) is 5.78. The zero-order chi connectivity index (χ0) is 26.3. The Labute approximate surface area is 202 Å². The van der Waals surface area contributed by atoms with Gasteiger partial charge in [-0.25, -0.2) is 0 Å². The fourth-order valence-electron chi connectivity index (χ4n) is 3.89. The molecule has 1 aromatic heterocycles. The van der Waals surface area contributed by atoms with Crippen molar-refractivity contribution in [3.63, 3.8) is 0 Å². The van der Waals surface area contributed by atoms with E-state index in [4.69, 9.17) is 23.4 Å². The van der Waals surface area contributed by atoms with Crippen LogP contribution in [-0.2, 0) is 4.74 Å². The van der Waals surface area contributed by atoms with Crippen LogP contribution in [0, 0.1) is 0 Å². The smallest absolute Gasteiger partial charge is 0.238 e. The van der Waals surface area contributed by atoms with Gasteiger partial charge in [0.25, 0.3) is 0 Å². The van der Waals surface area contributed by atoms with Crippen LogP contribution in [0.3, 0.4) is 0 Å². The van der Waals surface area contributed by atoms with E-state index in [0.29, 0.717) is 0 Å². The van der Waals surface area contributed by atoms with Crippen molar-refractivity contribution in [2.75, 3.05) is 20.8 Å². The van der Waals surface area contributed by atoms with Crippen LogP contribution >= 0.6 is 0 Å². The summed E-state index contributed by atoms with van der Waals surface area (Å²) >= 11 is 0. The van der Waals surface area contributed by atoms with E-state index in [1.165, 1.54) is 32.4 Å². The molecule has 3 aromatic rings. The van der Waals surface area contributed by atoms with Gasteiger partial charge in [-0.3, -0.25) is 4.79 Å². The van der Waals surface area contributed by atoms with Crippen LogP contribution in [0.4, 0.5) is 0 Å². The predicted molar refractivity (Wildman–Crippen MR) is 120 cm³/mol. The van der Waals surface area contributed by atoms with Gasteiger partial charge in [-0.05, 0) is 18.2 Å². The van der Waals surface area contributed by atoms with Crippen molar-refractivity contribution in [3.8, 4) is 45.8 Å². The molecular formula is C23H24O13. The summed E-state index contributed by atoms with van der Waals surface area (Å²) in [5.41, 5.74) is -1.18. The van der Waals surface area contributed by atoms with Crippen molar-refractivity contribution in [2.45, 2.75) is 30.7 Å². The van der Waals surface area contributed by atoms with Gasteiger partial charge in [0.15, 0.2) is 28.6 Å². The SMILES string of the molecule is COc1cc(-c2oc3c(OC)c(O)cc(O)c3c(=O)c2O)ccc1OC1OC(CO)C(O)C(O)C1O. The van der Waals surface area contributed by atoms with Gasteiger partial charge >= 0.3 is 0 Å². The van der Waals surface area contributed by atoms with E-state index in [9.17, 15) is 40.5 Å². The zero-order valence-electron chi connectivity index (χ0n) is 19.0. The molecule has 2 heterocycles. The maximum absolute atomic E-state index is 12.8. The fraction of sp³-hybridized carbons (Fsp3) is 0.348. The number of fused-ring (bicyclic) bond motifs is 1. The van der Waals surface area contributed by atoms with Crippen molar-refractivity contribution < 1.29 is 59.1 Å². The van der Waals surface area contributed by atoms with Crippen molar-refractivity contribution in [1.29, 1.82) is 0 Å². The second-order valence-corrected chi connectivity index (χ2v) is 7.94. The van der Waals surface area contributed by atoms with E-state index < -0.39 is 65.4 Å². The summed E-state index contributed by atoms with van der Waals surface area (Å²) < 4.78 is 27.0. The fourth-order valence-corrected chi connectivity index (χ4v) is 3.89. The monoisotopic (exact) mass is 508 g/mol. The molecule has 1 aliphatic rings. The molecule has 1 aliphatic heterocycles. The number of aliphatic hydroxyl groups is 4. The minimum atomic E-state index is -1.66. The Hall–Kier alpha value is -3.75. The molecule has 1 saturated heterocycles. The summed E-state index contributed by atoms with van der Waals surface area (Å²) in [7, 11) is 2.50. The van der Waals surface area contributed by atoms with Crippen LogP contribution in [0.1, 0.15) is 0 Å². The summed E-state index contributed by atoms with van der Waals surface area (Å²) in [6.07, 6.45) is -7.56. The Bertz CT molecular complexity index is 1330. The summed E-state index contributed by atoms with van der Waals surface area (Å²) in [4.78, 5) is 12.8. The number of hydrogen-bond acceptors (Lipinski definition) is 13. The molecule has 0 bridgehead atoms. The molecular weight excluding hydrogens is 484 g/mol. The molecule has 7 N–H and O–H groups in total. The van der Waals surface area contributed by atoms with Crippen molar-refractivity contribution in [3.05, 3.63) is 34.5 Å². The van der Waals surface area contributed by atoms with Gasteiger partial charge in [0.05, 0.1) is 20.8 Å². The van der Waals surface area contributed by atoms with E-state index >= 15 is 0 Å². The highest BCUT2D eigenvalue weighted by Crippen LogP contribution is 2.43. The Balaban J connectivity index is 1.76. The molecule has 4 rings (SSSR count). The molecule has 0 spiro atoms. The standard InChI is InChI=1S/C23H24O13/c1-32-12-5-8(3-4-11(12)34-23-19(31)17(29)15(27)13(7-24)35-23)20-18(30)16(28)14-9(25)6-10(26)21(33-2)22(14)36-20/h3-6,13,15,17,19,23-27,29-31H,7H2,1-2H3. The minimum Gasteiger partial charge on any atom is -0.507 e. The molecule has 0 saturated carbocycles. The van der Waals surface area contributed by atoms with Crippen LogP contribution in [0.25, 0.3) is 22.3 Å². The van der Waals surface area contributed by atoms with Crippen molar-refractivity contribution in [2.24, 2.45) is 0 Å². The zero-order valence-corrected chi connectivity index (χ0v) is 19.0. The molecule has 5 atom stereocenters. The minimum absolute atomic E-state index is 0.000995. The summed E-state index contributed by atoms with van der Waals surface area (Å²) in [5, 5.41) is 69.7. The molecule has 13 nitrogen and oxygen atoms in total. The first kappa shape index (κ1) is 25.3. The number of aromatic hydroxyl groups is 3. The third kappa shape index (κ3) is 4.12. The lowest BCUT2D eigenvalue weighted by Gasteiger charge is -2.39. The largest absolute Gasteiger partial charge is 0.507 e. The highest BCUT2D eigenvalue weighted by molar-refractivity contribution is 5.93. The number of ether oxygens (including phenoxy) is 4. The quantitative estimate of drug-likeness (QED) is 0.230. The van der Waals surface area contributed by atoms with Gasteiger partial charge < -0.3 is 59.1 Å². The first-order valence-corrected chi connectivity index (χ1v) is 10.6. The Kier molecular flexibility index (Phi) is 6.84. The van der Waals surface area contributed by atoms with Crippen LogP contribution in [0.2, 0.25) is 0 Å². The number of methoxy groups -OCH3 is 2. The van der Waals surface area contributed by atoms with Crippen LogP contribution < -0.4 is 19.6 Å². The van der Waals surface area contributed by atoms with Gasteiger partial charge in [-0.2, -0.15) is 0 Å². The number of phenols is 2. The highest BCUT2D eigenvalue weighted by atomic mass is 16.7. The maximum atomic E-state index is 12.8. The third-order valence-electron chi connectivity index (χ3n) is 5.78. The molecule has 1 fully saturated rings. The number of benzene rings is 2. The summed E-state index contributed by atoms with van der Waals surface area (Å²) in [6, 6.07) is 4.89. The lowest BCUT2D eigenvalue weighted by molar-refractivity contribution is -0.277. The normalized spacial score (nSPS) is 24.0. The topological polar surface area (TPSA) is 209 Å². The number of hydrogen-bond donors (Lipinski definition) is 7. The maximum Gasteiger partial charge on any atom is 0.238 e. The summed E-state index contributed by atoms with van der Waals surface area (Å²) in [5.74, 6) is -2.51. The van der Waals surface area contributed by atoms with Gasteiger partial charge in [-0.1, -0.05) is 0 Å². The van der Waals surface area contributed by atoms with Gasteiger partial charge in [0, 0.05) is 11.6 Å². The molecule has 0 aliphatic carbocycles. The molecule has 0 radical (unpaired) electrons. The van der Waals surface area contributed by atoms with Crippen LogP contribution in [0.5, 0.6) is 34.5 Å². The lowest BCUT2D eigenvalue weighted by atomic mass is 9.99. The summed E-state index contributed by atoms with van der Waals surface area (Å²) in [6.45, 7) is -0.643. The lowest BCUT2D eigenvalue weighted by Crippen LogP contribution is -2.60. The van der Waals surface area contributed by atoms with Crippen molar-refractivity contribution in [1.82, 2.24) is 0 Å². The van der Waals surface area contributed by atoms with Crippen LogP contribution in [0.15, 0.2) is 33.5 Å². The molecule has 13 heteroatoms. The molecule has 36 heavy (non-hydrogen) atoms. The van der Waals surface area contributed by atoms with E-state index in [2.05, 4.69) is 0 Å². The average Bonchev–Trinajstić information content (AvgIpc) is 2.86. The van der Waals surface area contributed by atoms with Gasteiger partial charge in [-0.15, -0.1) is 0 Å². The first-order valence-electron chi connectivity index (χ1n) is 10.6. The van der Waals surface area contributed by atoms with Crippen molar-refractivity contribution >= 4 is 11.0 Å². The second-order valence-electron chi connectivity index (χ2n) is 7.94. The van der Waals surface area contributed by atoms with Gasteiger partial charge in [0.2, 0.25) is 23.2 Å². The first-order chi connectivity index (χ1) is 17.1. The molecule has 194 valence electrons. The Morgan fingerprint density at radius 3 is 2.28 bits per heavy atom.